The fourth-order valence-corrected chi connectivity index (χ4v) is 2.13. The van der Waals surface area contributed by atoms with E-state index in [1.165, 1.54) is 5.56 Å². The molecule has 0 fully saturated rings. The molecule has 0 unspecified atom stereocenters. The second-order valence-electron chi connectivity index (χ2n) is 6.10. The molecule has 1 heterocycles. The lowest BCUT2D eigenvalue weighted by molar-refractivity contribution is 0.538. The third-order valence-electron chi connectivity index (χ3n) is 3.38. The Morgan fingerprint density at radius 3 is 2.26 bits per heavy atom. The van der Waals surface area contributed by atoms with Gasteiger partial charge >= 0.3 is 0 Å². The third kappa shape index (κ3) is 3.06. The number of benzene rings is 1. The van der Waals surface area contributed by atoms with E-state index in [1.54, 1.807) is 0 Å². The molecule has 1 aromatic carbocycles. The zero-order chi connectivity index (χ0) is 14.0. The van der Waals surface area contributed by atoms with Gasteiger partial charge in [-0.15, -0.1) is 0 Å². The fourth-order valence-electron chi connectivity index (χ4n) is 2.13. The summed E-state index contributed by atoms with van der Waals surface area (Å²) in [5.74, 6) is 1.68. The number of rotatable bonds is 3. The minimum atomic E-state index is 0.179. The molecule has 0 radical (unpaired) electrons. The molecule has 19 heavy (non-hydrogen) atoms. The highest BCUT2D eigenvalue weighted by atomic mass is 16.4. The van der Waals surface area contributed by atoms with Crippen LogP contribution in [0.25, 0.3) is 11.5 Å². The summed E-state index contributed by atoms with van der Waals surface area (Å²) in [6, 6.07) is 8.52. The molecular weight excluding hydrogens is 234 g/mol. The van der Waals surface area contributed by atoms with E-state index in [0.717, 1.165) is 35.7 Å². The SMILES string of the molecule is CCCc1nc(-c2ccc(C(C)(C)C)cc2)oc1C. The largest absolute Gasteiger partial charge is 0.441 e. The molecule has 2 rings (SSSR count). The number of nitrogens with zero attached hydrogens (tertiary/aromatic N) is 1. The van der Waals surface area contributed by atoms with Crippen LogP contribution >= 0.6 is 0 Å². The highest BCUT2D eigenvalue weighted by Gasteiger charge is 2.15. The van der Waals surface area contributed by atoms with Crippen LogP contribution in [0.15, 0.2) is 28.7 Å². The third-order valence-corrected chi connectivity index (χ3v) is 3.38. The molecule has 0 spiro atoms. The molecule has 0 atom stereocenters. The van der Waals surface area contributed by atoms with Crippen molar-refractivity contribution in [2.75, 3.05) is 0 Å². The van der Waals surface area contributed by atoms with Crippen molar-refractivity contribution in [3.05, 3.63) is 41.3 Å². The number of hydrogen-bond donors (Lipinski definition) is 0. The van der Waals surface area contributed by atoms with E-state index in [9.17, 15) is 0 Å². The summed E-state index contributed by atoms with van der Waals surface area (Å²) in [5, 5.41) is 0. The summed E-state index contributed by atoms with van der Waals surface area (Å²) in [6.07, 6.45) is 2.07. The van der Waals surface area contributed by atoms with Gasteiger partial charge in [-0.3, -0.25) is 0 Å². The van der Waals surface area contributed by atoms with Crippen molar-refractivity contribution < 1.29 is 4.42 Å². The van der Waals surface area contributed by atoms with Crippen LogP contribution in [0.1, 0.15) is 51.1 Å². The van der Waals surface area contributed by atoms with Gasteiger partial charge in [0.05, 0.1) is 5.69 Å². The highest BCUT2D eigenvalue weighted by Crippen LogP contribution is 2.27. The summed E-state index contributed by atoms with van der Waals surface area (Å²) in [4.78, 5) is 4.59. The van der Waals surface area contributed by atoms with Crippen molar-refractivity contribution >= 4 is 0 Å². The highest BCUT2D eigenvalue weighted by molar-refractivity contribution is 5.54. The molecule has 0 saturated carbocycles. The molecule has 0 aliphatic rings. The molecule has 102 valence electrons. The molecule has 2 nitrogen and oxygen atoms in total. The van der Waals surface area contributed by atoms with E-state index in [4.69, 9.17) is 4.42 Å². The zero-order valence-electron chi connectivity index (χ0n) is 12.6. The number of aryl methyl sites for hydroxylation is 2. The first kappa shape index (κ1) is 13.9. The molecule has 0 amide bonds. The average Bonchev–Trinajstić information content (AvgIpc) is 2.71. The van der Waals surface area contributed by atoms with Gasteiger partial charge in [0.2, 0.25) is 5.89 Å². The van der Waals surface area contributed by atoms with E-state index in [2.05, 4.69) is 56.9 Å². The van der Waals surface area contributed by atoms with E-state index < -0.39 is 0 Å². The molecule has 0 bridgehead atoms. The predicted molar refractivity (Wildman–Crippen MR) is 79.4 cm³/mol. The zero-order valence-corrected chi connectivity index (χ0v) is 12.6. The Bertz CT molecular complexity index is 544. The molecule has 0 aliphatic heterocycles. The van der Waals surface area contributed by atoms with Gasteiger partial charge in [-0.25, -0.2) is 4.98 Å². The minimum Gasteiger partial charge on any atom is -0.441 e. The van der Waals surface area contributed by atoms with Gasteiger partial charge in [0.25, 0.3) is 0 Å². The van der Waals surface area contributed by atoms with Crippen LogP contribution in [0.5, 0.6) is 0 Å². The summed E-state index contributed by atoms with van der Waals surface area (Å²) < 4.78 is 5.77. The molecule has 0 saturated heterocycles. The molecule has 0 N–H and O–H groups in total. The second kappa shape index (κ2) is 5.20. The van der Waals surface area contributed by atoms with Crippen LogP contribution in [0.4, 0.5) is 0 Å². The van der Waals surface area contributed by atoms with Crippen LogP contribution in [0.3, 0.4) is 0 Å². The van der Waals surface area contributed by atoms with E-state index >= 15 is 0 Å². The Kier molecular flexibility index (Phi) is 3.79. The minimum absolute atomic E-state index is 0.179. The quantitative estimate of drug-likeness (QED) is 0.781. The number of hydrogen-bond acceptors (Lipinski definition) is 2. The Morgan fingerprint density at radius 2 is 1.74 bits per heavy atom. The number of oxazole rings is 1. The van der Waals surface area contributed by atoms with E-state index in [1.807, 2.05) is 6.92 Å². The van der Waals surface area contributed by atoms with Crippen molar-refractivity contribution in [2.45, 2.75) is 52.9 Å². The van der Waals surface area contributed by atoms with Gasteiger partial charge in [-0.05, 0) is 36.5 Å². The molecule has 2 heteroatoms. The molecule has 0 aliphatic carbocycles. The number of aromatic nitrogens is 1. The molecule has 2 aromatic rings. The van der Waals surface area contributed by atoms with Crippen molar-refractivity contribution in [3.8, 4) is 11.5 Å². The fraction of sp³-hybridized carbons (Fsp3) is 0.471. The first-order chi connectivity index (χ1) is 8.91. The Morgan fingerprint density at radius 1 is 1.11 bits per heavy atom. The maximum atomic E-state index is 5.77. The van der Waals surface area contributed by atoms with Crippen LogP contribution in [0, 0.1) is 6.92 Å². The van der Waals surface area contributed by atoms with Gasteiger partial charge in [0, 0.05) is 5.56 Å². The summed E-state index contributed by atoms with van der Waals surface area (Å²) in [7, 11) is 0. The van der Waals surface area contributed by atoms with Crippen molar-refractivity contribution in [1.29, 1.82) is 0 Å². The first-order valence-electron chi connectivity index (χ1n) is 6.99. The maximum absolute atomic E-state index is 5.77. The van der Waals surface area contributed by atoms with Crippen molar-refractivity contribution in [3.63, 3.8) is 0 Å². The first-order valence-corrected chi connectivity index (χ1v) is 6.99. The topological polar surface area (TPSA) is 26.0 Å². The van der Waals surface area contributed by atoms with Gasteiger partial charge in [-0.2, -0.15) is 0 Å². The summed E-state index contributed by atoms with van der Waals surface area (Å²) >= 11 is 0. The van der Waals surface area contributed by atoms with Crippen LogP contribution < -0.4 is 0 Å². The van der Waals surface area contributed by atoms with Gasteiger partial charge < -0.3 is 4.42 Å². The average molecular weight is 257 g/mol. The summed E-state index contributed by atoms with van der Waals surface area (Å²) in [5.41, 5.74) is 3.64. The van der Waals surface area contributed by atoms with Crippen LogP contribution in [-0.4, -0.2) is 4.98 Å². The van der Waals surface area contributed by atoms with Gasteiger partial charge in [-0.1, -0.05) is 46.2 Å². The van der Waals surface area contributed by atoms with Gasteiger partial charge in [0.1, 0.15) is 5.76 Å². The lowest BCUT2D eigenvalue weighted by Gasteiger charge is -2.18. The lowest BCUT2D eigenvalue weighted by Crippen LogP contribution is -2.10. The van der Waals surface area contributed by atoms with Gasteiger partial charge in [0.15, 0.2) is 0 Å². The predicted octanol–water partition coefficient (Wildman–Crippen LogP) is 4.90. The van der Waals surface area contributed by atoms with Crippen molar-refractivity contribution in [2.24, 2.45) is 0 Å². The maximum Gasteiger partial charge on any atom is 0.226 e. The Hall–Kier alpha value is -1.57. The van der Waals surface area contributed by atoms with Crippen LogP contribution in [0.2, 0.25) is 0 Å². The lowest BCUT2D eigenvalue weighted by atomic mass is 9.87. The van der Waals surface area contributed by atoms with Crippen LogP contribution in [-0.2, 0) is 11.8 Å². The monoisotopic (exact) mass is 257 g/mol. The summed E-state index contributed by atoms with van der Waals surface area (Å²) in [6.45, 7) is 10.8. The Labute approximate surface area is 115 Å². The smallest absolute Gasteiger partial charge is 0.226 e. The van der Waals surface area contributed by atoms with E-state index in [-0.39, 0.29) is 5.41 Å². The second-order valence-corrected chi connectivity index (χ2v) is 6.10. The van der Waals surface area contributed by atoms with E-state index in [0.29, 0.717) is 0 Å². The Balaban J connectivity index is 2.30. The normalized spacial score (nSPS) is 11.8. The molecule has 1 aromatic heterocycles. The standard InChI is InChI=1S/C17H23NO/c1-6-7-15-12(2)19-16(18-15)13-8-10-14(11-9-13)17(3,4)5/h8-11H,6-7H2,1-5H3. The van der Waals surface area contributed by atoms with Crippen molar-refractivity contribution in [1.82, 2.24) is 4.98 Å². The molecular formula is C17H23NO.